The number of rotatable bonds is 11. The summed E-state index contributed by atoms with van der Waals surface area (Å²) in [5, 5.41) is 14.5. The molecule has 0 bridgehead atoms. The Bertz CT molecular complexity index is 421. The highest BCUT2D eigenvalue weighted by Gasteiger charge is 2.02. The molecule has 0 aliphatic carbocycles. The van der Waals surface area contributed by atoms with E-state index in [0.29, 0.717) is 26.4 Å². The molecule has 126 valence electrons. The van der Waals surface area contributed by atoms with Crippen LogP contribution in [-0.2, 0) is 22.6 Å². The lowest BCUT2D eigenvalue weighted by Gasteiger charge is -2.11. The smallest absolute Gasteiger partial charge is 0.191 e. The summed E-state index contributed by atoms with van der Waals surface area (Å²) in [4.78, 5) is 4.52. The van der Waals surface area contributed by atoms with Crippen molar-refractivity contribution in [3.8, 4) is 0 Å². The molecule has 0 saturated carbocycles. The van der Waals surface area contributed by atoms with Crippen LogP contribution in [0.5, 0.6) is 0 Å². The molecular formula is C14H28N6O2. The van der Waals surface area contributed by atoms with E-state index < -0.39 is 0 Å². The van der Waals surface area contributed by atoms with Crippen molar-refractivity contribution in [3.05, 3.63) is 12.2 Å². The number of methoxy groups -OCH3 is 1. The van der Waals surface area contributed by atoms with Crippen molar-refractivity contribution < 1.29 is 9.47 Å². The van der Waals surface area contributed by atoms with Gasteiger partial charge in [0, 0.05) is 33.4 Å². The molecule has 1 heterocycles. The first-order valence-electron chi connectivity index (χ1n) is 7.77. The SMILES string of the molecule is CCNC(=NCc1nncn1CC)NCCCOCCOC. The molecule has 0 amide bonds. The summed E-state index contributed by atoms with van der Waals surface area (Å²) in [5.41, 5.74) is 0. The van der Waals surface area contributed by atoms with E-state index in [0.717, 1.165) is 37.8 Å². The molecule has 0 aromatic carbocycles. The standard InChI is InChI=1S/C14H28N6O2/c1-4-15-14(16-7-6-8-22-10-9-21-3)17-11-13-19-18-12-20(13)5-2/h12H,4-11H2,1-3H3,(H2,15,16,17). The van der Waals surface area contributed by atoms with Gasteiger partial charge in [0.15, 0.2) is 11.8 Å². The van der Waals surface area contributed by atoms with Gasteiger partial charge in [-0.05, 0) is 20.3 Å². The highest BCUT2D eigenvalue weighted by molar-refractivity contribution is 5.79. The Hall–Kier alpha value is -1.67. The number of ether oxygens (including phenoxy) is 2. The van der Waals surface area contributed by atoms with E-state index in [2.05, 4.69) is 32.7 Å². The van der Waals surface area contributed by atoms with E-state index in [1.807, 2.05) is 11.5 Å². The zero-order valence-electron chi connectivity index (χ0n) is 13.8. The van der Waals surface area contributed by atoms with Crippen molar-refractivity contribution in [2.45, 2.75) is 33.4 Å². The van der Waals surface area contributed by atoms with Crippen LogP contribution in [0.1, 0.15) is 26.1 Å². The lowest BCUT2D eigenvalue weighted by atomic mass is 10.4. The summed E-state index contributed by atoms with van der Waals surface area (Å²) in [6.07, 6.45) is 2.64. The van der Waals surface area contributed by atoms with Gasteiger partial charge in [0.1, 0.15) is 12.9 Å². The van der Waals surface area contributed by atoms with Crippen molar-refractivity contribution in [1.29, 1.82) is 0 Å². The van der Waals surface area contributed by atoms with Crippen molar-refractivity contribution in [1.82, 2.24) is 25.4 Å². The van der Waals surface area contributed by atoms with Gasteiger partial charge in [-0.15, -0.1) is 10.2 Å². The second-order valence-electron chi connectivity index (χ2n) is 4.61. The number of hydrogen-bond donors (Lipinski definition) is 2. The minimum Gasteiger partial charge on any atom is -0.382 e. The molecule has 0 spiro atoms. The van der Waals surface area contributed by atoms with Crippen LogP contribution in [0.25, 0.3) is 0 Å². The van der Waals surface area contributed by atoms with Crippen LogP contribution >= 0.6 is 0 Å². The fraction of sp³-hybridized carbons (Fsp3) is 0.786. The maximum atomic E-state index is 5.42. The average Bonchev–Trinajstić information content (AvgIpc) is 2.99. The molecule has 0 fully saturated rings. The van der Waals surface area contributed by atoms with Gasteiger partial charge in [-0.2, -0.15) is 0 Å². The Morgan fingerprint density at radius 2 is 2.14 bits per heavy atom. The van der Waals surface area contributed by atoms with Gasteiger partial charge in [0.2, 0.25) is 0 Å². The Kier molecular flexibility index (Phi) is 9.97. The Balaban J connectivity index is 2.30. The lowest BCUT2D eigenvalue weighted by molar-refractivity contribution is 0.0698. The topological polar surface area (TPSA) is 85.6 Å². The fourth-order valence-corrected chi connectivity index (χ4v) is 1.78. The second-order valence-corrected chi connectivity index (χ2v) is 4.61. The van der Waals surface area contributed by atoms with E-state index in [9.17, 15) is 0 Å². The molecular weight excluding hydrogens is 284 g/mol. The third kappa shape index (κ3) is 7.37. The Labute approximate surface area is 132 Å². The van der Waals surface area contributed by atoms with Gasteiger partial charge in [-0.1, -0.05) is 0 Å². The average molecular weight is 312 g/mol. The fourth-order valence-electron chi connectivity index (χ4n) is 1.78. The highest BCUT2D eigenvalue weighted by atomic mass is 16.5. The minimum absolute atomic E-state index is 0.507. The highest BCUT2D eigenvalue weighted by Crippen LogP contribution is 1.96. The number of aliphatic imine (C=N–C) groups is 1. The molecule has 0 atom stereocenters. The summed E-state index contributed by atoms with van der Waals surface area (Å²) in [6, 6.07) is 0. The van der Waals surface area contributed by atoms with E-state index in [4.69, 9.17) is 9.47 Å². The van der Waals surface area contributed by atoms with Crippen molar-refractivity contribution >= 4 is 5.96 Å². The van der Waals surface area contributed by atoms with Crippen LogP contribution in [0.15, 0.2) is 11.3 Å². The molecule has 0 radical (unpaired) electrons. The summed E-state index contributed by atoms with van der Waals surface area (Å²) in [6.45, 7) is 9.06. The lowest BCUT2D eigenvalue weighted by Crippen LogP contribution is -2.38. The summed E-state index contributed by atoms with van der Waals surface area (Å²) < 4.78 is 12.3. The van der Waals surface area contributed by atoms with Crippen LogP contribution < -0.4 is 10.6 Å². The molecule has 1 aromatic rings. The van der Waals surface area contributed by atoms with E-state index >= 15 is 0 Å². The minimum atomic E-state index is 0.507. The molecule has 22 heavy (non-hydrogen) atoms. The molecule has 1 aromatic heterocycles. The van der Waals surface area contributed by atoms with Crippen LogP contribution in [-0.4, -0.2) is 60.7 Å². The number of aryl methyl sites for hydroxylation is 1. The molecule has 8 heteroatoms. The first kappa shape index (κ1) is 18.4. The first-order valence-corrected chi connectivity index (χ1v) is 7.77. The molecule has 0 aliphatic heterocycles. The first-order chi connectivity index (χ1) is 10.8. The van der Waals surface area contributed by atoms with Crippen LogP contribution in [0.2, 0.25) is 0 Å². The van der Waals surface area contributed by atoms with Crippen molar-refractivity contribution in [3.63, 3.8) is 0 Å². The number of aromatic nitrogens is 3. The van der Waals surface area contributed by atoms with E-state index in [1.54, 1.807) is 13.4 Å². The largest absolute Gasteiger partial charge is 0.382 e. The molecule has 0 saturated heterocycles. The van der Waals surface area contributed by atoms with Gasteiger partial charge in [0.05, 0.1) is 13.2 Å². The van der Waals surface area contributed by atoms with Crippen LogP contribution in [0, 0.1) is 0 Å². The van der Waals surface area contributed by atoms with Crippen molar-refractivity contribution in [2.75, 3.05) is 40.0 Å². The van der Waals surface area contributed by atoms with Gasteiger partial charge in [0.25, 0.3) is 0 Å². The van der Waals surface area contributed by atoms with Gasteiger partial charge >= 0.3 is 0 Å². The second kappa shape index (κ2) is 11.9. The predicted octanol–water partition coefficient (Wildman–Crippen LogP) is 0.406. The van der Waals surface area contributed by atoms with E-state index in [-0.39, 0.29) is 0 Å². The van der Waals surface area contributed by atoms with Gasteiger partial charge in [-0.3, -0.25) is 0 Å². The van der Waals surface area contributed by atoms with Gasteiger partial charge in [-0.25, -0.2) is 4.99 Å². The van der Waals surface area contributed by atoms with Crippen LogP contribution in [0.4, 0.5) is 0 Å². The summed E-state index contributed by atoms with van der Waals surface area (Å²) in [5.74, 6) is 1.65. The Morgan fingerprint density at radius 1 is 1.27 bits per heavy atom. The quantitative estimate of drug-likeness (QED) is 0.350. The monoisotopic (exact) mass is 312 g/mol. The third-order valence-electron chi connectivity index (χ3n) is 2.95. The molecule has 0 unspecified atom stereocenters. The zero-order valence-corrected chi connectivity index (χ0v) is 13.8. The Morgan fingerprint density at radius 3 is 2.86 bits per heavy atom. The van der Waals surface area contributed by atoms with Crippen LogP contribution in [0.3, 0.4) is 0 Å². The third-order valence-corrected chi connectivity index (χ3v) is 2.95. The molecule has 1 rings (SSSR count). The zero-order chi connectivity index (χ0) is 16.0. The number of nitrogens with one attached hydrogen (secondary N) is 2. The molecule has 2 N–H and O–H groups in total. The molecule has 8 nitrogen and oxygen atoms in total. The molecule has 0 aliphatic rings. The maximum absolute atomic E-state index is 5.42. The van der Waals surface area contributed by atoms with Gasteiger partial charge < -0.3 is 24.7 Å². The normalized spacial score (nSPS) is 11.7. The number of hydrogen-bond acceptors (Lipinski definition) is 5. The van der Waals surface area contributed by atoms with E-state index in [1.165, 1.54) is 0 Å². The number of nitrogens with zero attached hydrogens (tertiary/aromatic N) is 4. The maximum Gasteiger partial charge on any atom is 0.191 e. The summed E-state index contributed by atoms with van der Waals surface area (Å²) in [7, 11) is 1.67. The summed E-state index contributed by atoms with van der Waals surface area (Å²) >= 11 is 0. The van der Waals surface area contributed by atoms with Crippen molar-refractivity contribution in [2.24, 2.45) is 4.99 Å². The number of guanidine groups is 1. The predicted molar refractivity (Wildman–Crippen MR) is 85.8 cm³/mol.